The highest BCUT2D eigenvalue weighted by atomic mass is 32.1. The van der Waals surface area contributed by atoms with Crippen LogP contribution in [-0.2, 0) is 4.74 Å². The third kappa shape index (κ3) is 4.60. The van der Waals surface area contributed by atoms with Crippen LogP contribution in [0.1, 0.15) is 43.1 Å². The first kappa shape index (κ1) is 15.6. The summed E-state index contributed by atoms with van der Waals surface area (Å²) in [5.41, 5.74) is 5.52. The Morgan fingerprint density at radius 1 is 1.42 bits per heavy atom. The number of rotatable bonds is 3. The molecule has 0 aromatic carbocycles. The smallest absolute Gasteiger partial charge is 0.413 e. The molecule has 1 heterocycles. The second-order valence-corrected chi connectivity index (χ2v) is 6.21. The lowest BCUT2D eigenvalue weighted by atomic mass is 10.2. The van der Waals surface area contributed by atoms with E-state index in [-0.39, 0.29) is 5.78 Å². The molecule has 1 aromatic heterocycles. The van der Waals surface area contributed by atoms with Crippen LogP contribution in [-0.4, -0.2) is 28.5 Å². The highest BCUT2D eigenvalue weighted by molar-refractivity contribution is 7.17. The molecule has 0 fully saturated rings. The second kappa shape index (κ2) is 5.66. The van der Waals surface area contributed by atoms with Gasteiger partial charge in [-0.05, 0) is 34.6 Å². The molecule has 3 N–H and O–H groups in total. The predicted molar refractivity (Wildman–Crippen MR) is 74.7 cm³/mol. The van der Waals surface area contributed by atoms with Gasteiger partial charge in [0.2, 0.25) is 0 Å². The van der Waals surface area contributed by atoms with Crippen LogP contribution in [0.15, 0.2) is 0 Å². The first-order valence-corrected chi connectivity index (χ1v) is 6.69. The van der Waals surface area contributed by atoms with E-state index in [9.17, 15) is 9.59 Å². The van der Waals surface area contributed by atoms with Gasteiger partial charge in [0.05, 0.1) is 16.6 Å². The van der Waals surface area contributed by atoms with Crippen molar-refractivity contribution in [3.8, 4) is 0 Å². The molecule has 1 unspecified atom stereocenters. The van der Waals surface area contributed by atoms with Gasteiger partial charge in [0, 0.05) is 0 Å². The third-order valence-corrected chi connectivity index (χ3v) is 3.13. The van der Waals surface area contributed by atoms with Crippen molar-refractivity contribution in [1.29, 1.82) is 0 Å². The maximum absolute atomic E-state index is 11.8. The summed E-state index contributed by atoms with van der Waals surface area (Å²) in [4.78, 5) is 27.9. The predicted octanol–water partition coefficient (Wildman–Crippen LogP) is 2.33. The summed E-state index contributed by atoms with van der Waals surface area (Å²) >= 11 is 1.10. The summed E-state index contributed by atoms with van der Waals surface area (Å²) in [6.07, 6.45) is -0.596. The number of anilines is 1. The van der Waals surface area contributed by atoms with E-state index in [2.05, 4.69) is 10.3 Å². The molecule has 19 heavy (non-hydrogen) atoms. The average molecular weight is 285 g/mol. The molecule has 0 aliphatic heterocycles. The van der Waals surface area contributed by atoms with Crippen LogP contribution in [0.5, 0.6) is 0 Å². The largest absolute Gasteiger partial charge is 0.444 e. The number of nitrogens with one attached hydrogen (secondary N) is 1. The van der Waals surface area contributed by atoms with Gasteiger partial charge in [0.15, 0.2) is 10.9 Å². The molecule has 1 amide bonds. The number of Topliss-reactive ketones (excluding diaryl/α,β-unsaturated/α-hetero) is 1. The monoisotopic (exact) mass is 285 g/mol. The summed E-state index contributed by atoms with van der Waals surface area (Å²) in [7, 11) is 0. The molecular formula is C12H19N3O3S. The van der Waals surface area contributed by atoms with E-state index < -0.39 is 17.7 Å². The van der Waals surface area contributed by atoms with Gasteiger partial charge in [-0.1, -0.05) is 11.3 Å². The molecule has 0 saturated heterocycles. The third-order valence-electron chi connectivity index (χ3n) is 2.04. The Morgan fingerprint density at radius 2 is 2.00 bits per heavy atom. The normalized spacial score (nSPS) is 12.9. The van der Waals surface area contributed by atoms with E-state index in [4.69, 9.17) is 10.5 Å². The highest BCUT2D eigenvalue weighted by Gasteiger charge is 2.21. The Balaban J connectivity index is 2.79. The maximum atomic E-state index is 11.8. The van der Waals surface area contributed by atoms with Crippen molar-refractivity contribution >= 4 is 28.3 Å². The fourth-order valence-corrected chi connectivity index (χ4v) is 2.27. The summed E-state index contributed by atoms with van der Waals surface area (Å²) in [5.74, 6) is -0.188. The summed E-state index contributed by atoms with van der Waals surface area (Å²) < 4.78 is 5.11. The first-order chi connectivity index (χ1) is 8.60. The molecule has 1 rings (SSSR count). The summed E-state index contributed by atoms with van der Waals surface area (Å²) in [6, 6.07) is -0.589. The molecule has 0 bridgehead atoms. The topological polar surface area (TPSA) is 94.3 Å². The van der Waals surface area contributed by atoms with Gasteiger partial charge in [-0.3, -0.25) is 10.1 Å². The molecule has 7 heteroatoms. The summed E-state index contributed by atoms with van der Waals surface area (Å²) in [6.45, 7) is 8.62. The minimum atomic E-state index is -0.596. The minimum Gasteiger partial charge on any atom is -0.444 e. The van der Waals surface area contributed by atoms with Crippen LogP contribution < -0.4 is 11.1 Å². The van der Waals surface area contributed by atoms with Crippen molar-refractivity contribution in [1.82, 2.24) is 4.98 Å². The highest BCUT2D eigenvalue weighted by Crippen LogP contribution is 2.24. The number of amides is 1. The van der Waals surface area contributed by atoms with E-state index in [1.165, 1.54) is 0 Å². The number of nitrogens with zero attached hydrogens (tertiary/aromatic N) is 1. The van der Waals surface area contributed by atoms with Crippen molar-refractivity contribution < 1.29 is 14.3 Å². The van der Waals surface area contributed by atoms with Crippen LogP contribution in [0.2, 0.25) is 0 Å². The standard InChI is InChI=1S/C12H19N3O3S/c1-6(13)8(16)9-7(2)14-10(19-9)15-11(17)18-12(3,4)5/h6H,13H2,1-5H3,(H,14,15,17). The molecule has 6 nitrogen and oxygen atoms in total. The van der Waals surface area contributed by atoms with Gasteiger partial charge in [0.25, 0.3) is 0 Å². The second-order valence-electron chi connectivity index (χ2n) is 5.21. The van der Waals surface area contributed by atoms with Gasteiger partial charge in [0.1, 0.15) is 5.60 Å². The van der Waals surface area contributed by atoms with Crippen LogP contribution in [0.4, 0.5) is 9.93 Å². The van der Waals surface area contributed by atoms with Crippen LogP contribution >= 0.6 is 11.3 Å². The first-order valence-electron chi connectivity index (χ1n) is 5.87. The molecule has 0 spiro atoms. The van der Waals surface area contributed by atoms with Crippen molar-refractivity contribution in [3.63, 3.8) is 0 Å². The zero-order valence-corrected chi connectivity index (χ0v) is 12.6. The SMILES string of the molecule is Cc1nc(NC(=O)OC(C)(C)C)sc1C(=O)C(C)N. The van der Waals surface area contributed by atoms with E-state index in [0.717, 1.165) is 11.3 Å². The maximum Gasteiger partial charge on any atom is 0.413 e. The van der Waals surface area contributed by atoms with Gasteiger partial charge < -0.3 is 10.5 Å². The lowest BCUT2D eigenvalue weighted by Crippen LogP contribution is -2.27. The zero-order valence-electron chi connectivity index (χ0n) is 11.7. The number of nitrogens with two attached hydrogens (primary N) is 1. The number of hydrogen-bond acceptors (Lipinski definition) is 6. The fraction of sp³-hybridized carbons (Fsp3) is 0.583. The number of carbonyl (C=O) groups excluding carboxylic acids is 2. The van der Waals surface area contributed by atoms with Crippen molar-refractivity contribution in [2.24, 2.45) is 5.73 Å². The lowest BCUT2D eigenvalue weighted by molar-refractivity contribution is 0.0635. The molecule has 0 saturated carbocycles. The van der Waals surface area contributed by atoms with Gasteiger partial charge in [-0.15, -0.1) is 0 Å². The lowest BCUT2D eigenvalue weighted by Gasteiger charge is -2.18. The number of ketones is 1. The molecular weight excluding hydrogens is 266 g/mol. The van der Waals surface area contributed by atoms with E-state index >= 15 is 0 Å². The average Bonchev–Trinajstić information content (AvgIpc) is 2.54. The fourth-order valence-electron chi connectivity index (χ4n) is 1.28. The van der Waals surface area contributed by atoms with Crippen LogP contribution in [0, 0.1) is 6.92 Å². The van der Waals surface area contributed by atoms with E-state index in [1.54, 1.807) is 34.6 Å². The number of aromatic nitrogens is 1. The van der Waals surface area contributed by atoms with E-state index in [0.29, 0.717) is 15.7 Å². The Kier molecular flexibility index (Phi) is 4.65. The van der Waals surface area contributed by atoms with Crippen molar-refractivity contribution in [2.75, 3.05) is 5.32 Å². The molecule has 1 aromatic rings. The molecule has 0 aliphatic rings. The zero-order chi connectivity index (χ0) is 14.8. The molecule has 0 radical (unpaired) electrons. The number of carbonyl (C=O) groups is 2. The van der Waals surface area contributed by atoms with Gasteiger partial charge in [-0.25, -0.2) is 9.78 Å². The quantitative estimate of drug-likeness (QED) is 0.831. The Morgan fingerprint density at radius 3 is 2.47 bits per heavy atom. The molecule has 1 atom stereocenters. The Labute approximate surface area is 116 Å². The molecule has 106 valence electrons. The number of ether oxygens (including phenoxy) is 1. The van der Waals surface area contributed by atoms with Gasteiger partial charge >= 0.3 is 6.09 Å². The number of hydrogen-bond donors (Lipinski definition) is 2. The van der Waals surface area contributed by atoms with Crippen LogP contribution in [0.3, 0.4) is 0 Å². The molecule has 0 aliphatic carbocycles. The minimum absolute atomic E-state index is 0.188. The van der Waals surface area contributed by atoms with Crippen LogP contribution in [0.25, 0.3) is 0 Å². The number of thiazole rings is 1. The van der Waals surface area contributed by atoms with Crippen molar-refractivity contribution in [2.45, 2.75) is 46.3 Å². The summed E-state index contributed by atoms with van der Waals surface area (Å²) in [5, 5.41) is 2.84. The van der Waals surface area contributed by atoms with E-state index in [1.807, 2.05) is 0 Å². The Bertz CT molecular complexity index is 489. The number of aryl methyl sites for hydroxylation is 1. The van der Waals surface area contributed by atoms with Gasteiger partial charge in [-0.2, -0.15) is 0 Å². The Hall–Kier alpha value is -1.47. The van der Waals surface area contributed by atoms with Crippen molar-refractivity contribution in [3.05, 3.63) is 10.6 Å².